The molecule has 9 heteroatoms. The first-order chi connectivity index (χ1) is 14.0. The molecule has 0 aliphatic rings. The molecule has 2 aromatic carbocycles. The van der Waals surface area contributed by atoms with E-state index in [1.807, 2.05) is 0 Å². The van der Waals surface area contributed by atoms with Crippen LogP contribution in [0.15, 0.2) is 48.5 Å². The smallest absolute Gasteiger partial charge is 0.411 e. The van der Waals surface area contributed by atoms with Crippen LogP contribution in [0.2, 0.25) is 0 Å². The number of carbonyl (C=O) groups is 3. The predicted molar refractivity (Wildman–Crippen MR) is 105 cm³/mol. The molecule has 0 radical (unpaired) electrons. The highest BCUT2D eigenvalue weighted by Crippen LogP contribution is 2.12. The number of rotatable bonds is 9. The Balaban J connectivity index is 1.73. The van der Waals surface area contributed by atoms with Crippen molar-refractivity contribution in [2.45, 2.75) is 0 Å². The standard InChI is InChI=1S/C20H22N2O7/c1-21-16-6-2-14(3-7-16)18(24)27-12-13-28-19(25)15-4-8-17(9-5-15)22-20(26)29-11-10-23/h2-9,21,23H,10-13H2,1H3,(H,22,26). The first kappa shape index (κ1) is 21.7. The molecular weight excluding hydrogens is 380 g/mol. The zero-order valence-electron chi connectivity index (χ0n) is 15.8. The van der Waals surface area contributed by atoms with E-state index in [2.05, 4.69) is 15.4 Å². The van der Waals surface area contributed by atoms with Gasteiger partial charge >= 0.3 is 18.0 Å². The molecule has 0 spiro atoms. The van der Waals surface area contributed by atoms with Crippen molar-refractivity contribution >= 4 is 29.4 Å². The van der Waals surface area contributed by atoms with Crippen molar-refractivity contribution in [3.05, 3.63) is 59.7 Å². The molecule has 9 nitrogen and oxygen atoms in total. The molecule has 0 atom stereocenters. The third-order valence-corrected chi connectivity index (χ3v) is 3.65. The monoisotopic (exact) mass is 402 g/mol. The lowest BCUT2D eigenvalue weighted by Crippen LogP contribution is -2.16. The molecule has 0 aromatic heterocycles. The molecule has 2 aromatic rings. The van der Waals surface area contributed by atoms with Gasteiger partial charge in [0.05, 0.1) is 17.7 Å². The van der Waals surface area contributed by atoms with Gasteiger partial charge in [-0.2, -0.15) is 0 Å². The quantitative estimate of drug-likeness (QED) is 0.332. The van der Waals surface area contributed by atoms with Gasteiger partial charge < -0.3 is 24.6 Å². The van der Waals surface area contributed by atoms with E-state index in [0.29, 0.717) is 11.3 Å². The van der Waals surface area contributed by atoms with Crippen molar-refractivity contribution in [2.24, 2.45) is 0 Å². The van der Waals surface area contributed by atoms with Gasteiger partial charge in [-0.3, -0.25) is 5.32 Å². The Morgan fingerprint density at radius 1 is 0.759 bits per heavy atom. The van der Waals surface area contributed by atoms with Crippen LogP contribution < -0.4 is 10.6 Å². The fourth-order valence-corrected chi connectivity index (χ4v) is 2.19. The molecular formula is C20H22N2O7. The summed E-state index contributed by atoms with van der Waals surface area (Å²) in [6, 6.07) is 12.7. The zero-order chi connectivity index (χ0) is 21.1. The molecule has 0 saturated carbocycles. The summed E-state index contributed by atoms with van der Waals surface area (Å²) in [7, 11) is 1.78. The third kappa shape index (κ3) is 7.15. The number of carbonyl (C=O) groups excluding carboxylic acids is 3. The summed E-state index contributed by atoms with van der Waals surface area (Å²) in [4.78, 5) is 35.3. The SMILES string of the molecule is CNc1ccc(C(=O)OCCOC(=O)c2ccc(NC(=O)OCCO)cc2)cc1. The molecule has 0 unspecified atom stereocenters. The summed E-state index contributed by atoms with van der Waals surface area (Å²) in [5, 5.41) is 14.0. The molecule has 0 heterocycles. The average molecular weight is 402 g/mol. The van der Waals surface area contributed by atoms with Crippen LogP contribution in [0, 0.1) is 0 Å². The van der Waals surface area contributed by atoms with Crippen LogP contribution in [-0.2, 0) is 14.2 Å². The van der Waals surface area contributed by atoms with Gasteiger partial charge in [0.25, 0.3) is 0 Å². The fraction of sp³-hybridized carbons (Fsp3) is 0.250. The normalized spacial score (nSPS) is 10.0. The summed E-state index contributed by atoms with van der Waals surface area (Å²) in [5.41, 5.74) is 1.96. The van der Waals surface area contributed by atoms with Gasteiger partial charge in [0.1, 0.15) is 19.8 Å². The first-order valence-electron chi connectivity index (χ1n) is 8.80. The van der Waals surface area contributed by atoms with Crippen LogP contribution in [0.1, 0.15) is 20.7 Å². The number of nitrogens with one attached hydrogen (secondary N) is 2. The Kier molecular flexibility index (Phi) is 8.46. The maximum Gasteiger partial charge on any atom is 0.411 e. The Hall–Kier alpha value is -3.59. The minimum Gasteiger partial charge on any atom is -0.458 e. The Morgan fingerprint density at radius 2 is 1.24 bits per heavy atom. The lowest BCUT2D eigenvalue weighted by atomic mass is 10.2. The van der Waals surface area contributed by atoms with Crippen LogP contribution in [0.25, 0.3) is 0 Å². The number of aliphatic hydroxyl groups is 1. The number of amides is 1. The number of hydrogen-bond acceptors (Lipinski definition) is 8. The van der Waals surface area contributed by atoms with E-state index < -0.39 is 18.0 Å². The van der Waals surface area contributed by atoms with Crippen LogP contribution in [-0.4, -0.2) is 56.6 Å². The summed E-state index contributed by atoms with van der Waals surface area (Å²) in [6.07, 6.45) is -0.711. The molecule has 29 heavy (non-hydrogen) atoms. The zero-order valence-corrected chi connectivity index (χ0v) is 15.8. The second kappa shape index (κ2) is 11.3. The summed E-state index contributed by atoms with van der Waals surface area (Å²) in [6.45, 7) is -0.542. The van der Waals surface area contributed by atoms with Gasteiger partial charge in [-0.25, -0.2) is 14.4 Å². The van der Waals surface area contributed by atoms with Crippen molar-refractivity contribution in [2.75, 3.05) is 44.1 Å². The van der Waals surface area contributed by atoms with Crippen LogP contribution in [0.4, 0.5) is 16.2 Å². The van der Waals surface area contributed by atoms with Crippen molar-refractivity contribution in [1.29, 1.82) is 0 Å². The second-order valence-electron chi connectivity index (χ2n) is 5.66. The maximum absolute atomic E-state index is 12.0. The molecule has 2 rings (SSSR count). The lowest BCUT2D eigenvalue weighted by Gasteiger charge is -2.08. The first-order valence-corrected chi connectivity index (χ1v) is 8.80. The fourth-order valence-electron chi connectivity index (χ4n) is 2.19. The Bertz CT molecular complexity index is 820. The maximum atomic E-state index is 12.0. The van der Waals surface area contributed by atoms with E-state index in [4.69, 9.17) is 14.6 Å². The molecule has 0 bridgehead atoms. The molecule has 0 aliphatic carbocycles. The van der Waals surface area contributed by atoms with Crippen LogP contribution in [0.5, 0.6) is 0 Å². The van der Waals surface area contributed by atoms with Crippen molar-refractivity contribution in [3.63, 3.8) is 0 Å². The third-order valence-electron chi connectivity index (χ3n) is 3.65. The van der Waals surface area contributed by atoms with Gasteiger partial charge in [-0.05, 0) is 48.5 Å². The van der Waals surface area contributed by atoms with E-state index >= 15 is 0 Å². The van der Waals surface area contributed by atoms with Crippen molar-refractivity contribution in [3.8, 4) is 0 Å². The molecule has 0 aliphatic heterocycles. The lowest BCUT2D eigenvalue weighted by molar-refractivity contribution is 0.0265. The van der Waals surface area contributed by atoms with Gasteiger partial charge in [0.15, 0.2) is 0 Å². The highest BCUT2D eigenvalue weighted by molar-refractivity contribution is 5.91. The van der Waals surface area contributed by atoms with Gasteiger partial charge in [0, 0.05) is 18.4 Å². The van der Waals surface area contributed by atoms with Crippen molar-refractivity contribution < 1.29 is 33.7 Å². The van der Waals surface area contributed by atoms with Gasteiger partial charge in [-0.1, -0.05) is 0 Å². The van der Waals surface area contributed by atoms with E-state index in [1.165, 1.54) is 24.3 Å². The minimum absolute atomic E-state index is 0.0747. The average Bonchev–Trinajstić information content (AvgIpc) is 2.75. The molecule has 154 valence electrons. The molecule has 0 saturated heterocycles. The van der Waals surface area contributed by atoms with Gasteiger partial charge in [0.2, 0.25) is 0 Å². The van der Waals surface area contributed by atoms with E-state index in [0.717, 1.165) is 5.69 Å². The molecule has 3 N–H and O–H groups in total. The summed E-state index contributed by atoms with van der Waals surface area (Å²) < 4.78 is 14.8. The highest BCUT2D eigenvalue weighted by Gasteiger charge is 2.10. The Labute approximate surface area is 167 Å². The van der Waals surface area contributed by atoms with Gasteiger partial charge in [-0.15, -0.1) is 0 Å². The summed E-state index contributed by atoms with van der Waals surface area (Å²) >= 11 is 0. The summed E-state index contributed by atoms with van der Waals surface area (Å²) in [5.74, 6) is -1.10. The van der Waals surface area contributed by atoms with Crippen molar-refractivity contribution in [1.82, 2.24) is 0 Å². The number of hydrogen-bond donors (Lipinski definition) is 3. The number of aliphatic hydroxyl groups excluding tert-OH is 1. The Morgan fingerprint density at radius 3 is 1.69 bits per heavy atom. The number of benzene rings is 2. The molecule has 0 fully saturated rings. The number of esters is 2. The molecule has 1 amide bonds. The minimum atomic E-state index is -0.711. The van der Waals surface area contributed by atoms with E-state index in [9.17, 15) is 14.4 Å². The topological polar surface area (TPSA) is 123 Å². The number of anilines is 2. The second-order valence-corrected chi connectivity index (χ2v) is 5.66. The van der Waals surface area contributed by atoms with E-state index in [-0.39, 0.29) is 32.0 Å². The largest absolute Gasteiger partial charge is 0.458 e. The van der Waals surface area contributed by atoms with Crippen LogP contribution in [0.3, 0.4) is 0 Å². The van der Waals surface area contributed by atoms with Crippen LogP contribution >= 0.6 is 0 Å². The highest BCUT2D eigenvalue weighted by atomic mass is 16.6. The van der Waals surface area contributed by atoms with E-state index in [1.54, 1.807) is 31.3 Å². The predicted octanol–water partition coefficient (Wildman–Crippen LogP) is 2.28. The number of ether oxygens (including phenoxy) is 3.